The minimum Gasteiger partial charge on any atom is -0.435 e. The first-order chi connectivity index (χ1) is 5.24. The van der Waals surface area contributed by atoms with Gasteiger partial charge in [-0.3, -0.25) is 0 Å². The predicted molar refractivity (Wildman–Crippen MR) is 33.8 cm³/mol. The molecule has 0 aromatic carbocycles. The second kappa shape index (κ2) is 5.88. The molecule has 0 aliphatic heterocycles. The molecule has 0 bridgehead atoms. The summed E-state index contributed by atoms with van der Waals surface area (Å²) < 4.78 is 31.8. The summed E-state index contributed by atoms with van der Waals surface area (Å²) in [5, 5.41) is 0. The van der Waals surface area contributed by atoms with Crippen molar-refractivity contribution in [2.24, 2.45) is 0 Å². The van der Waals surface area contributed by atoms with Crippen molar-refractivity contribution in [3.63, 3.8) is 0 Å². The van der Waals surface area contributed by atoms with Crippen LogP contribution in [0, 0.1) is 0 Å². The van der Waals surface area contributed by atoms with Crippen LogP contribution in [0.25, 0.3) is 0 Å². The quantitative estimate of drug-likeness (QED) is 0.596. The molecule has 0 aliphatic rings. The zero-order valence-corrected chi connectivity index (χ0v) is 6.18. The Balaban J connectivity index is 3.54. The van der Waals surface area contributed by atoms with E-state index in [1.165, 1.54) is 0 Å². The highest BCUT2D eigenvalue weighted by atomic mass is 19.1. The van der Waals surface area contributed by atoms with Crippen molar-refractivity contribution < 1.29 is 23.0 Å². The topological polar surface area (TPSA) is 35.5 Å². The molecule has 0 fully saturated rings. The van der Waals surface area contributed by atoms with E-state index in [0.29, 0.717) is 0 Å². The van der Waals surface area contributed by atoms with Crippen LogP contribution >= 0.6 is 0 Å². The summed E-state index contributed by atoms with van der Waals surface area (Å²) in [6, 6.07) is 0. The maximum absolute atomic E-state index is 11.7. The van der Waals surface area contributed by atoms with E-state index in [-0.39, 0.29) is 6.61 Å². The Bertz CT molecular complexity index is 114. The van der Waals surface area contributed by atoms with Crippen LogP contribution in [-0.2, 0) is 9.47 Å². The number of rotatable bonds is 4. The van der Waals surface area contributed by atoms with Crippen LogP contribution in [0.4, 0.5) is 13.6 Å². The van der Waals surface area contributed by atoms with Gasteiger partial charge in [0.2, 0.25) is 0 Å². The third-order valence-electron chi connectivity index (χ3n) is 0.869. The summed E-state index contributed by atoms with van der Waals surface area (Å²) in [7, 11) is 0. The van der Waals surface area contributed by atoms with Gasteiger partial charge in [-0.05, 0) is 6.92 Å². The van der Waals surface area contributed by atoms with E-state index in [2.05, 4.69) is 9.47 Å². The number of halogens is 2. The molecular weight excluding hydrogens is 158 g/mol. The second-order valence-electron chi connectivity index (χ2n) is 1.73. The maximum atomic E-state index is 11.7. The normalized spacial score (nSPS) is 9.82. The lowest BCUT2D eigenvalue weighted by atomic mass is 10.4. The summed E-state index contributed by atoms with van der Waals surface area (Å²) in [6.07, 6.45) is -2.36. The first-order valence-corrected chi connectivity index (χ1v) is 3.19. The zero-order valence-electron chi connectivity index (χ0n) is 6.18. The van der Waals surface area contributed by atoms with Gasteiger partial charge in [0.15, 0.2) is 6.10 Å². The van der Waals surface area contributed by atoms with E-state index in [1.54, 1.807) is 6.92 Å². The molecule has 0 atom stereocenters. The zero-order chi connectivity index (χ0) is 8.69. The average Bonchev–Trinajstić information content (AvgIpc) is 2.01. The molecule has 0 heterocycles. The fourth-order valence-corrected chi connectivity index (χ4v) is 0.392. The van der Waals surface area contributed by atoms with E-state index in [4.69, 9.17) is 0 Å². The first kappa shape index (κ1) is 10.1. The molecule has 0 radical (unpaired) electrons. The second-order valence-corrected chi connectivity index (χ2v) is 1.73. The molecule has 0 saturated carbocycles. The Morgan fingerprint density at radius 2 is 2.00 bits per heavy atom. The molecule has 0 aromatic heterocycles. The van der Waals surface area contributed by atoms with E-state index in [9.17, 15) is 13.6 Å². The molecule has 0 aliphatic carbocycles. The highest BCUT2D eigenvalue weighted by molar-refractivity contribution is 5.60. The maximum Gasteiger partial charge on any atom is 0.508 e. The van der Waals surface area contributed by atoms with Gasteiger partial charge in [0, 0.05) is 0 Å². The minimum absolute atomic E-state index is 0.129. The van der Waals surface area contributed by atoms with Crippen molar-refractivity contribution in [3.8, 4) is 0 Å². The van der Waals surface area contributed by atoms with Crippen molar-refractivity contribution in [1.29, 1.82) is 0 Å². The van der Waals surface area contributed by atoms with Crippen molar-refractivity contribution in [1.82, 2.24) is 0 Å². The molecule has 5 heteroatoms. The molecule has 3 nitrogen and oxygen atoms in total. The smallest absolute Gasteiger partial charge is 0.435 e. The molecular formula is C6H10F2O3. The van der Waals surface area contributed by atoms with Gasteiger partial charge in [-0.15, -0.1) is 0 Å². The largest absolute Gasteiger partial charge is 0.508 e. The first-order valence-electron chi connectivity index (χ1n) is 3.19. The summed E-state index contributed by atoms with van der Waals surface area (Å²) in [5.74, 6) is 0. The number of alkyl halides is 2. The number of ether oxygens (including phenoxy) is 2. The minimum atomic E-state index is -1.32. The van der Waals surface area contributed by atoms with Gasteiger partial charge in [0.1, 0.15) is 13.3 Å². The van der Waals surface area contributed by atoms with Crippen LogP contribution in [0.3, 0.4) is 0 Å². The standard InChI is InChI=1S/C6H10F2O3/c1-2-10-6(9)11-5(3-7)4-8/h5H,2-4H2,1H3. The monoisotopic (exact) mass is 168 g/mol. The lowest BCUT2D eigenvalue weighted by Gasteiger charge is -2.09. The molecule has 0 aromatic rings. The van der Waals surface area contributed by atoms with Crippen LogP contribution in [0.1, 0.15) is 6.92 Å². The van der Waals surface area contributed by atoms with E-state index >= 15 is 0 Å². The van der Waals surface area contributed by atoms with Gasteiger partial charge < -0.3 is 9.47 Å². The Morgan fingerprint density at radius 1 is 1.45 bits per heavy atom. The van der Waals surface area contributed by atoms with Gasteiger partial charge in [0.25, 0.3) is 0 Å². The molecule has 66 valence electrons. The van der Waals surface area contributed by atoms with Crippen molar-refractivity contribution in [2.75, 3.05) is 20.0 Å². The Hall–Kier alpha value is -0.870. The Morgan fingerprint density at radius 3 is 2.36 bits per heavy atom. The third-order valence-corrected chi connectivity index (χ3v) is 0.869. The van der Waals surface area contributed by atoms with E-state index in [1.807, 2.05) is 0 Å². The molecule has 0 saturated heterocycles. The Kier molecular flexibility index (Phi) is 5.42. The summed E-state index contributed by atoms with van der Waals surface area (Å²) in [6.45, 7) is -0.365. The van der Waals surface area contributed by atoms with Crippen LogP contribution < -0.4 is 0 Å². The Labute approximate surface area is 63.3 Å². The SMILES string of the molecule is CCOC(=O)OC(CF)CF. The fourth-order valence-electron chi connectivity index (χ4n) is 0.392. The van der Waals surface area contributed by atoms with Crippen molar-refractivity contribution in [2.45, 2.75) is 13.0 Å². The van der Waals surface area contributed by atoms with Crippen LogP contribution in [0.5, 0.6) is 0 Å². The summed E-state index contributed by atoms with van der Waals surface area (Å²) >= 11 is 0. The molecule has 11 heavy (non-hydrogen) atoms. The summed E-state index contributed by atoms with van der Waals surface area (Å²) in [5.41, 5.74) is 0. The number of hydrogen-bond acceptors (Lipinski definition) is 3. The third kappa shape index (κ3) is 4.52. The van der Waals surface area contributed by atoms with Crippen LogP contribution in [0.2, 0.25) is 0 Å². The molecule has 0 N–H and O–H groups in total. The van der Waals surface area contributed by atoms with Crippen molar-refractivity contribution >= 4 is 6.16 Å². The highest BCUT2D eigenvalue weighted by Gasteiger charge is 2.13. The number of hydrogen-bond donors (Lipinski definition) is 0. The van der Waals surface area contributed by atoms with E-state index in [0.717, 1.165) is 0 Å². The van der Waals surface area contributed by atoms with Gasteiger partial charge >= 0.3 is 6.16 Å². The van der Waals surface area contributed by atoms with Gasteiger partial charge in [-0.1, -0.05) is 0 Å². The van der Waals surface area contributed by atoms with Crippen molar-refractivity contribution in [3.05, 3.63) is 0 Å². The van der Waals surface area contributed by atoms with E-state index < -0.39 is 25.6 Å². The number of carbonyl (C=O) groups excluding carboxylic acids is 1. The lowest BCUT2D eigenvalue weighted by molar-refractivity contribution is 0.00903. The van der Waals surface area contributed by atoms with Crippen LogP contribution in [0.15, 0.2) is 0 Å². The fraction of sp³-hybridized carbons (Fsp3) is 0.833. The van der Waals surface area contributed by atoms with Crippen LogP contribution in [-0.4, -0.2) is 32.2 Å². The predicted octanol–water partition coefficient (Wildman–Crippen LogP) is 1.47. The molecule has 0 spiro atoms. The van der Waals surface area contributed by atoms with Gasteiger partial charge in [-0.25, -0.2) is 13.6 Å². The molecule has 0 unspecified atom stereocenters. The average molecular weight is 168 g/mol. The van der Waals surface area contributed by atoms with Gasteiger partial charge in [0.05, 0.1) is 6.61 Å². The summed E-state index contributed by atoms with van der Waals surface area (Å²) in [4.78, 5) is 10.4. The molecule has 0 amide bonds. The highest BCUT2D eigenvalue weighted by Crippen LogP contribution is 1.97. The number of carbonyl (C=O) groups is 1. The van der Waals surface area contributed by atoms with Gasteiger partial charge in [-0.2, -0.15) is 0 Å². The molecule has 0 rings (SSSR count). The lowest BCUT2D eigenvalue weighted by Crippen LogP contribution is -2.22.